The third-order valence-corrected chi connectivity index (χ3v) is 3.44. The molecule has 4 aromatic rings. The molecule has 130 valence electrons. The number of phenols is 1. The first kappa shape index (κ1) is 9.33. The number of fused-ring (bicyclic) bond motifs is 1. The summed E-state index contributed by atoms with van der Waals surface area (Å²) >= 11 is 0. The van der Waals surface area contributed by atoms with Gasteiger partial charge >= 0.3 is 0 Å². The van der Waals surface area contributed by atoms with Gasteiger partial charge in [-0.15, -0.1) is 0 Å². The fraction of sp³-hybridized carbons (Fsp3) is 0.0500. The number of rotatable bonds is 5. The lowest BCUT2D eigenvalue weighted by atomic mass is 10.2. The van der Waals surface area contributed by atoms with E-state index in [1.165, 1.54) is 0 Å². The van der Waals surface area contributed by atoms with E-state index in [2.05, 4.69) is 10.2 Å². The molecular formula is C20H14F2N2O2. The molecule has 1 unspecified atom stereocenters. The van der Waals surface area contributed by atoms with Crippen molar-refractivity contribution in [2.24, 2.45) is 0 Å². The lowest BCUT2D eigenvalue weighted by Crippen LogP contribution is -2.00. The normalized spacial score (nSPS) is 16.4. The summed E-state index contributed by atoms with van der Waals surface area (Å²) in [6.07, 6.45) is -0.680. The van der Waals surface area contributed by atoms with Gasteiger partial charge in [0.05, 0.1) is 32.4 Å². The molecule has 6 heteroatoms. The lowest BCUT2D eigenvalue weighted by molar-refractivity contribution is 0.290. The Morgan fingerprint density at radius 2 is 2.04 bits per heavy atom. The van der Waals surface area contributed by atoms with Crippen molar-refractivity contribution in [1.29, 1.82) is 1.43 Å². The molecule has 26 heavy (non-hydrogen) atoms. The van der Waals surface area contributed by atoms with Crippen LogP contribution in [0.15, 0.2) is 66.7 Å². The predicted molar refractivity (Wildman–Crippen MR) is 93.4 cm³/mol. The first-order chi connectivity index (χ1) is 16.1. The van der Waals surface area contributed by atoms with Crippen LogP contribution >= 0.6 is 0 Å². The zero-order valence-electron chi connectivity index (χ0n) is 20.9. The fourth-order valence-corrected chi connectivity index (χ4v) is 2.25. The van der Waals surface area contributed by atoms with Crippen LogP contribution in [0.4, 0.5) is 8.78 Å². The molecule has 0 radical (unpaired) electrons. The fourth-order valence-electron chi connectivity index (χ4n) is 2.25. The highest BCUT2D eigenvalue weighted by Gasteiger charge is 2.13. The van der Waals surface area contributed by atoms with Crippen molar-refractivity contribution >= 4 is 10.9 Å². The lowest BCUT2D eigenvalue weighted by Gasteiger charge is -2.10. The number of nitrogens with zero attached hydrogens (tertiary/aromatic N) is 2. The first-order valence-corrected chi connectivity index (χ1v) is 7.34. The minimum atomic E-state index is -1.46. The zero-order valence-corrected chi connectivity index (χ0v) is 12.9. The van der Waals surface area contributed by atoms with Gasteiger partial charge in [0.25, 0.3) is 1.43 Å². The number of halogens is 2. The summed E-state index contributed by atoms with van der Waals surface area (Å²) in [4.78, 5) is 0. The smallest absolute Gasteiger partial charge is 0.293 e. The quantitative estimate of drug-likeness (QED) is 0.566. The summed E-state index contributed by atoms with van der Waals surface area (Å²) in [6.45, 7) is -1.46. The summed E-state index contributed by atoms with van der Waals surface area (Å²) in [6, 6.07) is 3.48. The van der Waals surface area contributed by atoms with Gasteiger partial charge in [0.15, 0.2) is 11.6 Å². The number of hydrogen-bond acceptors (Lipinski definition) is 3. The third-order valence-electron chi connectivity index (χ3n) is 3.44. The van der Waals surface area contributed by atoms with Gasteiger partial charge in [-0.25, -0.2) is 13.5 Å². The molecule has 0 aliphatic rings. The minimum absolute atomic E-state index is 0.337. The average molecular weight is 360 g/mol. The van der Waals surface area contributed by atoms with Crippen LogP contribution in [0.25, 0.3) is 16.6 Å². The highest BCUT2D eigenvalue weighted by atomic mass is 19.1. The van der Waals surface area contributed by atoms with E-state index in [4.69, 9.17) is 15.8 Å². The number of aromatic hydroxyl groups is 1. The molecule has 1 aromatic heterocycles. The van der Waals surface area contributed by atoms with Crippen LogP contribution in [0.5, 0.6) is 11.5 Å². The van der Waals surface area contributed by atoms with Crippen molar-refractivity contribution < 1.29 is 28.2 Å². The highest BCUT2D eigenvalue weighted by molar-refractivity contribution is 5.86. The van der Waals surface area contributed by atoms with Crippen molar-refractivity contribution in [2.75, 3.05) is 0 Å². The Balaban J connectivity index is 1.95. The van der Waals surface area contributed by atoms with E-state index in [-0.39, 0.29) is 0 Å². The Morgan fingerprint density at radius 3 is 2.85 bits per heavy atom. The topological polar surface area (TPSA) is 47.3 Å². The van der Waals surface area contributed by atoms with E-state index in [9.17, 15) is 4.39 Å². The summed E-state index contributed by atoms with van der Waals surface area (Å²) in [5, 5.41) is 7.57. The van der Waals surface area contributed by atoms with Gasteiger partial charge in [-0.05, 0) is 17.6 Å². The second-order valence-corrected chi connectivity index (χ2v) is 5.15. The number of hydrogen-bond donors (Lipinski definition) is 1. The molecule has 0 bridgehead atoms. The predicted octanol–water partition coefficient (Wildman–Crippen LogP) is 4.59. The van der Waals surface area contributed by atoms with E-state index >= 15 is 4.39 Å². The van der Waals surface area contributed by atoms with Crippen LogP contribution in [0.2, 0.25) is 0 Å². The maximum atomic E-state index is 15.2. The van der Waals surface area contributed by atoms with Crippen molar-refractivity contribution in [1.82, 2.24) is 9.78 Å². The molecule has 0 saturated carbocycles. The van der Waals surface area contributed by atoms with Gasteiger partial charge in [-0.2, -0.15) is 5.10 Å². The number of aromatic nitrogens is 2. The monoisotopic (exact) mass is 360 g/mol. The second-order valence-electron chi connectivity index (χ2n) is 5.15. The van der Waals surface area contributed by atoms with Gasteiger partial charge in [0, 0.05) is 18.1 Å². The molecule has 0 amide bonds. The zero-order chi connectivity index (χ0) is 24.9. The molecule has 0 aliphatic heterocycles. The van der Waals surface area contributed by atoms with Crippen LogP contribution in [0.1, 0.15) is 15.2 Å². The Morgan fingerprint density at radius 1 is 1.19 bits per heavy atom. The first-order valence-electron chi connectivity index (χ1n) is 11.3. The van der Waals surface area contributed by atoms with E-state index in [0.717, 1.165) is 0 Å². The van der Waals surface area contributed by atoms with Crippen molar-refractivity contribution in [3.63, 3.8) is 0 Å². The maximum Gasteiger partial charge on any atom is 0.293 e. The molecule has 3 aromatic carbocycles. The Bertz CT molecular complexity index is 1400. The number of benzene rings is 3. The van der Waals surface area contributed by atoms with E-state index < -0.39 is 82.7 Å². The van der Waals surface area contributed by atoms with Crippen molar-refractivity contribution in [2.45, 2.75) is 6.58 Å². The Kier molecular flexibility index (Phi) is 2.33. The summed E-state index contributed by atoms with van der Waals surface area (Å²) < 4.78 is 99.0. The van der Waals surface area contributed by atoms with Crippen molar-refractivity contribution in [3.8, 4) is 17.2 Å². The standard InChI is InChI=1S/C20H14F2N2O2/c21-14-8-18-16(19(25)9-14)11-23-24(18)15-6-7-20(17(22)10-15)26-12-13-4-2-1-3-5-13/h1-11,25H,12H2/i6D,7D,8D,9D,10D,11D,12D/hD. The molecule has 1 N–H and O–H groups in total. The summed E-state index contributed by atoms with van der Waals surface area (Å²) in [5.41, 5.74) is -0.900. The van der Waals surface area contributed by atoms with Gasteiger partial charge in [0.1, 0.15) is 18.1 Å². The molecule has 4 rings (SSSR count). The molecule has 4 nitrogen and oxygen atoms in total. The van der Waals surface area contributed by atoms with Crippen LogP contribution < -0.4 is 4.74 Å². The largest absolute Gasteiger partial charge is 0.507 e. The number of ether oxygens (including phenoxy) is 1. The molecular weight excluding hydrogens is 338 g/mol. The van der Waals surface area contributed by atoms with Crippen LogP contribution in [0, 0.1) is 11.6 Å². The minimum Gasteiger partial charge on any atom is -0.507 e. The van der Waals surface area contributed by atoms with E-state index in [1.54, 1.807) is 30.3 Å². The summed E-state index contributed by atoms with van der Waals surface area (Å²) in [5.74, 6) is -4.36. The van der Waals surface area contributed by atoms with Gasteiger partial charge in [0.2, 0.25) is 0 Å². The molecule has 0 aliphatic carbocycles. The Labute approximate surface area is 159 Å². The SMILES string of the molecule is [2H]Oc1c([2H])c(F)c([2H])c2c1c([2H])nn2-c1c([2H])c([2H])c(OC([2H])c2ccccc2)c(F)c1[2H]. The maximum absolute atomic E-state index is 15.2. The van der Waals surface area contributed by atoms with Crippen LogP contribution in [0.3, 0.4) is 0 Å². The molecule has 1 atom stereocenters. The van der Waals surface area contributed by atoms with Crippen molar-refractivity contribution in [3.05, 3.63) is 83.9 Å². The number of phenolic OH excluding ortho intramolecular Hbond substituents is 1. The van der Waals surface area contributed by atoms with Gasteiger partial charge in [-0.1, -0.05) is 30.3 Å². The average Bonchev–Trinajstić information content (AvgIpc) is 3.16. The van der Waals surface area contributed by atoms with Gasteiger partial charge < -0.3 is 9.85 Å². The summed E-state index contributed by atoms with van der Waals surface area (Å²) in [7, 11) is 0. The second kappa shape index (κ2) is 6.48. The third kappa shape index (κ3) is 2.97. The van der Waals surface area contributed by atoms with Crippen LogP contribution in [-0.4, -0.2) is 16.3 Å². The Hall–Kier alpha value is -3.41. The van der Waals surface area contributed by atoms with E-state index in [1.807, 2.05) is 0 Å². The highest BCUT2D eigenvalue weighted by Crippen LogP contribution is 2.29. The molecule has 0 saturated heterocycles. The molecule has 0 spiro atoms. The molecule has 0 fully saturated rings. The molecule has 1 heterocycles. The van der Waals surface area contributed by atoms with Crippen LogP contribution in [-0.2, 0) is 6.58 Å². The van der Waals surface area contributed by atoms with Gasteiger partial charge in [-0.3, -0.25) is 0 Å². The van der Waals surface area contributed by atoms with E-state index in [0.29, 0.717) is 10.2 Å².